The normalized spacial score (nSPS) is 11.2. The summed E-state index contributed by atoms with van der Waals surface area (Å²) in [7, 11) is -0.465. The molecule has 0 saturated carbocycles. The van der Waals surface area contributed by atoms with E-state index >= 15 is 0 Å². The van der Waals surface area contributed by atoms with Crippen molar-refractivity contribution in [3.63, 3.8) is 0 Å². The molecule has 10 heteroatoms. The number of benzene rings is 1. The number of sulfonamides is 1. The van der Waals surface area contributed by atoms with Crippen LogP contribution in [-0.2, 0) is 21.2 Å². The first-order valence-electron chi connectivity index (χ1n) is 7.08. The highest BCUT2D eigenvalue weighted by Crippen LogP contribution is 2.19. The monoisotopic (exact) mass is 354 g/mol. The van der Waals surface area contributed by atoms with E-state index in [1.165, 1.54) is 7.05 Å². The number of nitrogens with zero attached hydrogens (tertiary/aromatic N) is 2. The molecule has 1 aromatic carbocycles. The number of aromatic nitrogens is 2. The Morgan fingerprint density at radius 1 is 1.29 bits per heavy atom. The molecule has 0 aliphatic heterocycles. The van der Waals surface area contributed by atoms with E-state index in [0.29, 0.717) is 11.6 Å². The Kier molecular flexibility index (Phi) is 5.88. The fourth-order valence-corrected chi connectivity index (χ4v) is 2.39. The SMILES string of the molecule is CNS(=O)(=O)CCNC(=O)Cc1nc(-c2ccc(OC)cc2)no1. The molecule has 0 saturated heterocycles. The van der Waals surface area contributed by atoms with Crippen molar-refractivity contribution in [3.8, 4) is 17.1 Å². The van der Waals surface area contributed by atoms with Crippen LogP contribution in [0.25, 0.3) is 11.4 Å². The maximum Gasteiger partial charge on any atom is 0.236 e. The molecule has 2 N–H and O–H groups in total. The van der Waals surface area contributed by atoms with Gasteiger partial charge in [0.1, 0.15) is 12.2 Å². The number of nitrogens with one attached hydrogen (secondary N) is 2. The first kappa shape index (κ1) is 17.9. The minimum Gasteiger partial charge on any atom is -0.497 e. The van der Waals surface area contributed by atoms with Gasteiger partial charge in [-0.2, -0.15) is 4.98 Å². The number of rotatable bonds is 8. The third-order valence-corrected chi connectivity index (χ3v) is 4.50. The second kappa shape index (κ2) is 7.88. The van der Waals surface area contributed by atoms with Crippen LogP contribution in [0.2, 0.25) is 0 Å². The number of hydrogen-bond donors (Lipinski definition) is 2. The Bertz CT molecular complexity index is 786. The predicted molar refractivity (Wildman–Crippen MR) is 85.8 cm³/mol. The number of carbonyl (C=O) groups is 1. The van der Waals surface area contributed by atoms with E-state index in [4.69, 9.17) is 9.26 Å². The van der Waals surface area contributed by atoms with Crippen LogP contribution in [0.15, 0.2) is 28.8 Å². The molecule has 9 nitrogen and oxygen atoms in total. The van der Waals surface area contributed by atoms with E-state index in [-0.39, 0.29) is 24.6 Å². The summed E-state index contributed by atoms with van der Waals surface area (Å²) in [5.74, 6) is 0.619. The van der Waals surface area contributed by atoms with E-state index in [9.17, 15) is 13.2 Å². The molecule has 2 aromatic rings. The van der Waals surface area contributed by atoms with Crippen molar-refractivity contribution in [1.82, 2.24) is 20.2 Å². The number of methoxy groups -OCH3 is 1. The molecule has 2 rings (SSSR count). The second-order valence-corrected chi connectivity index (χ2v) is 6.84. The van der Waals surface area contributed by atoms with Crippen molar-refractivity contribution < 1.29 is 22.5 Å². The van der Waals surface area contributed by atoms with Gasteiger partial charge in [0.25, 0.3) is 0 Å². The largest absolute Gasteiger partial charge is 0.497 e. The van der Waals surface area contributed by atoms with Crippen LogP contribution in [0.1, 0.15) is 5.89 Å². The van der Waals surface area contributed by atoms with Crippen LogP contribution < -0.4 is 14.8 Å². The molecular weight excluding hydrogens is 336 g/mol. The molecule has 24 heavy (non-hydrogen) atoms. The summed E-state index contributed by atoms with van der Waals surface area (Å²) in [6.07, 6.45) is -0.122. The van der Waals surface area contributed by atoms with Gasteiger partial charge in [-0.1, -0.05) is 5.16 Å². The summed E-state index contributed by atoms with van der Waals surface area (Å²) in [5.41, 5.74) is 0.728. The zero-order valence-corrected chi connectivity index (χ0v) is 14.1. The van der Waals surface area contributed by atoms with Gasteiger partial charge < -0.3 is 14.6 Å². The number of amides is 1. The van der Waals surface area contributed by atoms with Gasteiger partial charge in [0.15, 0.2) is 0 Å². The van der Waals surface area contributed by atoms with Gasteiger partial charge in [-0.3, -0.25) is 4.79 Å². The van der Waals surface area contributed by atoms with Crippen molar-refractivity contribution in [2.24, 2.45) is 0 Å². The minimum absolute atomic E-state index is 0.00147. The van der Waals surface area contributed by atoms with Crippen LogP contribution in [0.5, 0.6) is 5.75 Å². The Balaban J connectivity index is 1.89. The standard InChI is InChI=1S/C14H18N4O5S/c1-15-24(20,21)8-7-16-12(19)9-13-17-14(18-23-13)10-3-5-11(22-2)6-4-10/h3-6,15H,7-9H2,1-2H3,(H,16,19). The van der Waals surface area contributed by atoms with Crippen molar-refractivity contribution >= 4 is 15.9 Å². The van der Waals surface area contributed by atoms with Gasteiger partial charge in [-0.25, -0.2) is 13.1 Å². The lowest BCUT2D eigenvalue weighted by molar-refractivity contribution is -0.120. The molecule has 0 aliphatic carbocycles. The summed E-state index contributed by atoms with van der Waals surface area (Å²) >= 11 is 0. The highest BCUT2D eigenvalue weighted by molar-refractivity contribution is 7.89. The summed E-state index contributed by atoms with van der Waals surface area (Å²) < 4.78 is 34.7. The van der Waals surface area contributed by atoms with E-state index < -0.39 is 15.9 Å². The Hall–Kier alpha value is -2.46. The first-order chi connectivity index (χ1) is 11.4. The minimum atomic E-state index is -3.35. The molecule has 0 atom stereocenters. The van der Waals surface area contributed by atoms with E-state index in [0.717, 1.165) is 5.56 Å². The van der Waals surface area contributed by atoms with E-state index in [1.54, 1.807) is 31.4 Å². The quantitative estimate of drug-likeness (QED) is 0.681. The molecule has 0 radical (unpaired) electrons. The lowest BCUT2D eigenvalue weighted by atomic mass is 10.2. The molecule has 0 spiro atoms. The average Bonchev–Trinajstić information content (AvgIpc) is 3.03. The van der Waals surface area contributed by atoms with Crippen LogP contribution >= 0.6 is 0 Å². The molecule has 0 aliphatic rings. The number of hydrogen-bond acceptors (Lipinski definition) is 7. The maximum absolute atomic E-state index is 11.7. The Morgan fingerprint density at radius 3 is 2.62 bits per heavy atom. The van der Waals surface area contributed by atoms with Crippen LogP contribution in [0, 0.1) is 0 Å². The average molecular weight is 354 g/mol. The number of ether oxygens (including phenoxy) is 1. The molecule has 1 amide bonds. The highest BCUT2D eigenvalue weighted by atomic mass is 32.2. The van der Waals surface area contributed by atoms with E-state index in [1.807, 2.05) is 0 Å². The van der Waals surface area contributed by atoms with Crippen molar-refractivity contribution in [3.05, 3.63) is 30.2 Å². The summed E-state index contributed by atoms with van der Waals surface area (Å²) in [6.45, 7) is 0.00147. The van der Waals surface area contributed by atoms with Gasteiger partial charge in [-0.05, 0) is 31.3 Å². The zero-order valence-electron chi connectivity index (χ0n) is 13.3. The van der Waals surface area contributed by atoms with E-state index in [2.05, 4.69) is 20.2 Å². The molecule has 0 bridgehead atoms. The fourth-order valence-electron chi connectivity index (χ4n) is 1.81. The molecular formula is C14H18N4O5S. The summed E-state index contributed by atoms with van der Waals surface area (Å²) in [6, 6.07) is 7.08. The third-order valence-electron chi connectivity index (χ3n) is 3.13. The second-order valence-electron chi connectivity index (χ2n) is 4.79. The van der Waals surface area contributed by atoms with Crippen LogP contribution in [0.4, 0.5) is 0 Å². The molecule has 1 aromatic heterocycles. The highest BCUT2D eigenvalue weighted by Gasteiger charge is 2.13. The molecule has 0 unspecified atom stereocenters. The smallest absolute Gasteiger partial charge is 0.236 e. The Labute approximate surface area is 139 Å². The van der Waals surface area contributed by atoms with Crippen molar-refractivity contribution in [2.75, 3.05) is 26.5 Å². The lowest BCUT2D eigenvalue weighted by Crippen LogP contribution is -2.33. The fraction of sp³-hybridized carbons (Fsp3) is 0.357. The van der Waals surface area contributed by atoms with Crippen molar-refractivity contribution in [2.45, 2.75) is 6.42 Å². The lowest BCUT2D eigenvalue weighted by Gasteiger charge is -2.03. The third kappa shape index (κ3) is 5.03. The van der Waals surface area contributed by atoms with Gasteiger partial charge in [0.05, 0.1) is 12.9 Å². The van der Waals surface area contributed by atoms with Gasteiger partial charge in [0, 0.05) is 12.1 Å². The van der Waals surface area contributed by atoms with Crippen molar-refractivity contribution in [1.29, 1.82) is 0 Å². The maximum atomic E-state index is 11.7. The predicted octanol–water partition coefficient (Wildman–Crippen LogP) is -0.0469. The molecule has 130 valence electrons. The molecule has 1 heterocycles. The summed E-state index contributed by atoms with van der Waals surface area (Å²) in [5, 5.41) is 6.30. The molecule has 0 fully saturated rings. The first-order valence-corrected chi connectivity index (χ1v) is 8.73. The van der Waals surface area contributed by atoms with Crippen LogP contribution in [-0.4, -0.2) is 50.9 Å². The van der Waals surface area contributed by atoms with Gasteiger partial charge >= 0.3 is 0 Å². The van der Waals surface area contributed by atoms with Gasteiger partial charge in [0.2, 0.25) is 27.6 Å². The summed E-state index contributed by atoms with van der Waals surface area (Å²) in [4.78, 5) is 15.9. The number of carbonyl (C=O) groups excluding carboxylic acids is 1. The zero-order chi connectivity index (χ0) is 17.6. The van der Waals surface area contributed by atoms with Crippen LogP contribution in [0.3, 0.4) is 0 Å². The van der Waals surface area contributed by atoms with Gasteiger partial charge in [-0.15, -0.1) is 0 Å². The Morgan fingerprint density at radius 2 is 2.00 bits per heavy atom. The topological polar surface area (TPSA) is 123 Å².